The van der Waals surface area contributed by atoms with Crippen molar-refractivity contribution in [2.45, 2.75) is 33.2 Å². The van der Waals surface area contributed by atoms with Crippen LogP contribution >= 0.6 is 0 Å². The third kappa shape index (κ3) is 6.01. The van der Waals surface area contributed by atoms with Gasteiger partial charge in [-0.2, -0.15) is 8.42 Å². The first-order valence-electron chi connectivity index (χ1n) is 10.2. The lowest BCUT2D eigenvalue weighted by molar-refractivity contribution is -0.118. The van der Waals surface area contributed by atoms with Crippen LogP contribution in [0.1, 0.15) is 43.6 Å². The molecular weight excluding hydrogens is 446 g/mol. The van der Waals surface area contributed by atoms with Crippen LogP contribution in [0.5, 0.6) is 5.75 Å². The van der Waals surface area contributed by atoms with Crippen molar-refractivity contribution in [1.29, 1.82) is 0 Å². The fourth-order valence-corrected chi connectivity index (χ4v) is 3.88. The zero-order valence-corrected chi connectivity index (χ0v) is 19.6. The molecule has 176 valence electrons. The number of rotatable bonds is 7. The minimum absolute atomic E-state index is 0.0685. The van der Waals surface area contributed by atoms with E-state index in [0.717, 1.165) is 0 Å². The fourth-order valence-electron chi connectivity index (χ4n) is 3.04. The highest BCUT2D eigenvalue weighted by Gasteiger charge is 2.27. The van der Waals surface area contributed by atoms with Crippen molar-refractivity contribution in [3.63, 3.8) is 0 Å². The highest BCUT2D eigenvalue weighted by atomic mass is 32.2. The van der Waals surface area contributed by atoms with E-state index in [9.17, 15) is 18.0 Å². The summed E-state index contributed by atoms with van der Waals surface area (Å²) in [6.07, 6.45) is 0. The molecule has 3 rings (SSSR count). The van der Waals surface area contributed by atoms with E-state index in [1.807, 2.05) is 0 Å². The lowest BCUT2D eigenvalue weighted by atomic mass is 10.1. The Morgan fingerprint density at radius 1 is 1.18 bits per heavy atom. The highest BCUT2D eigenvalue weighted by Crippen LogP contribution is 2.31. The molecule has 0 atom stereocenters. The molecule has 0 fully saturated rings. The van der Waals surface area contributed by atoms with Gasteiger partial charge in [0.1, 0.15) is 12.4 Å². The van der Waals surface area contributed by atoms with E-state index in [-0.39, 0.29) is 35.9 Å². The van der Waals surface area contributed by atoms with Gasteiger partial charge < -0.3 is 21.1 Å². The van der Waals surface area contributed by atoms with Crippen molar-refractivity contribution in [2.24, 2.45) is 16.0 Å². The van der Waals surface area contributed by atoms with Crippen LogP contribution in [-0.2, 0) is 15.0 Å². The van der Waals surface area contributed by atoms with Gasteiger partial charge >= 0.3 is 10.2 Å². The number of benzene rings is 2. The number of amides is 2. The summed E-state index contributed by atoms with van der Waals surface area (Å²) in [7, 11) is -3.89. The summed E-state index contributed by atoms with van der Waals surface area (Å²) in [6.45, 7) is 7.20. The van der Waals surface area contributed by atoms with E-state index < -0.39 is 15.7 Å². The van der Waals surface area contributed by atoms with Crippen molar-refractivity contribution in [1.82, 2.24) is 5.32 Å². The number of nitrogens with zero attached hydrogens (tertiary/aromatic N) is 1. The van der Waals surface area contributed by atoms with Crippen LogP contribution in [0.4, 0.5) is 11.4 Å². The summed E-state index contributed by atoms with van der Waals surface area (Å²) in [6, 6.07) is 11.5. The van der Waals surface area contributed by atoms with Gasteiger partial charge in [0.15, 0.2) is 5.84 Å². The van der Waals surface area contributed by atoms with E-state index in [4.69, 9.17) is 10.5 Å². The lowest BCUT2D eigenvalue weighted by Gasteiger charge is -2.27. The van der Waals surface area contributed by atoms with E-state index in [0.29, 0.717) is 22.6 Å². The van der Waals surface area contributed by atoms with E-state index in [1.54, 1.807) is 70.2 Å². The molecule has 0 unspecified atom stereocenters. The third-order valence-corrected chi connectivity index (χ3v) is 5.61. The Morgan fingerprint density at radius 2 is 1.88 bits per heavy atom. The smallest absolute Gasteiger partial charge is 0.344 e. The van der Waals surface area contributed by atoms with Crippen molar-refractivity contribution >= 4 is 39.2 Å². The van der Waals surface area contributed by atoms with Crippen molar-refractivity contribution in [2.75, 3.05) is 16.6 Å². The monoisotopic (exact) mass is 473 g/mol. The predicted octanol–water partition coefficient (Wildman–Crippen LogP) is 2.24. The van der Waals surface area contributed by atoms with E-state index in [2.05, 4.69) is 19.8 Å². The van der Waals surface area contributed by atoms with Gasteiger partial charge in [0.2, 0.25) is 5.91 Å². The van der Waals surface area contributed by atoms with Crippen molar-refractivity contribution in [3.05, 3.63) is 53.6 Å². The minimum atomic E-state index is -3.89. The van der Waals surface area contributed by atoms with Gasteiger partial charge in [-0.25, -0.2) is 0 Å². The first-order chi connectivity index (χ1) is 15.4. The summed E-state index contributed by atoms with van der Waals surface area (Å²) in [4.78, 5) is 24.7. The lowest BCUT2D eigenvalue weighted by Crippen LogP contribution is -2.48. The molecule has 11 heteroatoms. The van der Waals surface area contributed by atoms with Crippen LogP contribution in [0.2, 0.25) is 0 Å². The maximum Gasteiger partial charge on any atom is 0.344 e. The summed E-state index contributed by atoms with van der Waals surface area (Å²) in [5.74, 6) is -0.513. The highest BCUT2D eigenvalue weighted by molar-refractivity contribution is 7.91. The van der Waals surface area contributed by atoms with Crippen LogP contribution in [-0.4, -0.2) is 38.2 Å². The van der Waals surface area contributed by atoms with Crippen LogP contribution in [0, 0.1) is 5.92 Å². The number of ether oxygens (including phenoxy) is 1. The Balaban J connectivity index is 1.70. The third-order valence-electron chi connectivity index (χ3n) is 4.70. The SMILES string of the molecule is CC(C)C(=O)Nc1cccc(C(=O)NC(C)(C)COc2cccc3c2C(N)=NS(=O)(=O)N3)c1. The first-order valence-corrected chi connectivity index (χ1v) is 11.7. The first kappa shape index (κ1) is 24.1. The van der Waals surface area contributed by atoms with Gasteiger partial charge in [-0.1, -0.05) is 26.0 Å². The Morgan fingerprint density at radius 3 is 2.58 bits per heavy atom. The molecule has 2 aromatic carbocycles. The molecule has 0 saturated heterocycles. The number of carbonyl (C=O) groups is 2. The number of hydrogen-bond donors (Lipinski definition) is 4. The standard InChI is InChI=1S/C22H27N5O5S/c1-13(2)20(28)24-15-8-5-7-14(11-15)21(29)25-22(3,4)12-32-17-10-6-9-16-18(17)19(23)27-33(30,31)26-16/h5-11,13,26H,12H2,1-4H3,(H2,23,27)(H,24,28)(H,25,29). The van der Waals surface area contributed by atoms with Crippen LogP contribution < -0.4 is 25.8 Å². The maximum atomic E-state index is 12.8. The molecular formula is C22H27N5O5S. The van der Waals surface area contributed by atoms with Crippen molar-refractivity contribution in [3.8, 4) is 5.75 Å². The number of anilines is 2. The molecule has 1 heterocycles. The molecule has 0 radical (unpaired) electrons. The summed E-state index contributed by atoms with van der Waals surface area (Å²) in [5.41, 5.74) is 6.56. The number of amidine groups is 1. The Kier molecular flexibility index (Phi) is 6.63. The van der Waals surface area contributed by atoms with Gasteiger partial charge in [0.05, 0.1) is 16.8 Å². The minimum Gasteiger partial charge on any atom is -0.490 e. The molecule has 0 saturated carbocycles. The topological polar surface area (TPSA) is 152 Å². The van der Waals surface area contributed by atoms with Gasteiger partial charge in [0, 0.05) is 17.2 Å². The fraction of sp³-hybridized carbons (Fsp3) is 0.318. The number of carbonyl (C=O) groups excluding carboxylic acids is 2. The quantitative estimate of drug-likeness (QED) is 0.484. The second-order valence-corrected chi connectivity index (χ2v) is 9.92. The number of nitrogens with two attached hydrogens (primary N) is 1. The number of hydrogen-bond acceptors (Lipinski definition) is 6. The largest absolute Gasteiger partial charge is 0.490 e. The normalized spacial score (nSPS) is 14.5. The predicted molar refractivity (Wildman–Crippen MR) is 127 cm³/mol. The van der Waals surface area contributed by atoms with E-state index >= 15 is 0 Å². The van der Waals surface area contributed by atoms with E-state index in [1.165, 1.54) is 0 Å². The Hall–Kier alpha value is -3.60. The van der Waals surface area contributed by atoms with Gasteiger partial charge in [-0.3, -0.25) is 14.3 Å². The van der Waals surface area contributed by atoms with Crippen LogP contribution in [0.3, 0.4) is 0 Å². The van der Waals surface area contributed by atoms with Crippen LogP contribution in [0.15, 0.2) is 46.9 Å². The zero-order valence-electron chi connectivity index (χ0n) is 18.8. The molecule has 5 N–H and O–H groups in total. The van der Waals surface area contributed by atoms with Gasteiger partial charge in [0.25, 0.3) is 5.91 Å². The number of fused-ring (bicyclic) bond motifs is 1. The maximum absolute atomic E-state index is 12.8. The summed E-state index contributed by atoms with van der Waals surface area (Å²) in [5, 5.41) is 5.67. The molecule has 1 aliphatic rings. The summed E-state index contributed by atoms with van der Waals surface area (Å²) >= 11 is 0. The average molecular weight is 474 g/mol. The molecule has 0 aliphatic carbocycles. The molecule has 0 bridgehead atoms. The van der Waals surface area contributed by atoms with Crippen molar-refractivity contribution < 1.29 is 22.7 Å². The zero-order chi connectivity index (χ0) is 24.4. The molecule has 10 nitrogen and oxygen atoms in total. The molecule has 1 aliphatic heterocycles. The molecule has 0 spiro atoms. The summed E-state index contributed by atoms with van der Waals surface area (Å²) < 4.78 is 35.1. The molecule has 2 amide bonds. The molecule has 2 aromatic rings. The second kappa shape index (κ2) is 9.10. The van der Waals surface area contributed by atoms with Gasteiger partial charge in [-0.05, 0) is 44.2 Å². The Labute approximate surface area is 192 Å². The molecule has 33 heavy (non-hydrogen) atoms. The average Bonchev–Trinajstić information content (AvgIpc) is 2.71. The second-order valence-electron chi connectivity index (χ2n) is 8.58. The van der Waals surface area contributed by atoms with Crippen LogP contribution in [0.25, 0.3) is 0 Å². The Bertz CT molecular complexity index is 1220. The molecule has 0 aromatic heterocycles. The number of nitrogens with one attached hydrogen (secondary N) is 3. The van der Waals surface area contributed by atoms with Gasteiger partial charge in [-0.15, -0.1) is 4.40 Å².